The van der Waals surface area contributed by atoms with Gasteiger partial charge in [0.05, 0.1) is 13.1 Å². The smallest absolute Gasteiger partial charge is 0.407 e. The molecule has 0 saturated carbocycles. The molecule has 0 aliphatic carbocycles. The van der Waals surface area contributed by atoms with E-state index in [1.807, 2.05) is 6.07 Å². The molecule has 1 aromatic carbocycles. The van der Waals surface area contributed by atoms with Crippen molar-refractivity contribution >= 4 is 23.0 Å². The summed E-state index contributed by atoms with van der Waals surface area (Å²) in [6, 6.07) is 9.04. The maximum atomic E-state index is 11.5. The number of nitrogens with one attached hydrogen (secondary N) is 1. The number of nitrogens with zero attached hydrogens (tertiary/aromatic N) is 2. The molecule has 1 aliphatic rings. The Morgan fingerprint density at radius 2 is 2.00 bits per heavy atom. The Morgan fingerprint density at radius 3 is 2.52 bits per heavy atom. The normalized spacial score (nSPS) is 18.6. The predicted molar refractivity (Wildman–Crippen MR) is 77.4 cm³/mol. The summed E-state index contributed by atoms with van der Waals surface area (Å²) in [5.41, 5.74) is 0.817. The van der Waals surface area contributed by atoms with Gasteiger partial charge in [-0.2, -0.15) is 4.72 Å². The maximum absolute atomic E-state index is 11.5. The maximum Gasteiger partial charge on any atom is 0.407 e. The molecule has 2 rings (SSSR count). The fourth-order valence-corrected chi connectivity index (χ4v) is 3.13. The van der Waals surface area contributed by atoms with Crippen LogP contribution in [0.2, 0.25) is 0 Å². The molecule has 1 aliphatic heterocycles. The minimum atomic E-state index is -3.32. The Balaban J connectivity index is 1.98. The summed E-state index contributed by atoms with van der Waals surface area (Å²) in [6.07, 6.45) is -1.13. The van der Waals surface area contributed by atoms with Crippen molar-refractivity contribution in [3.05, 3.63) is 35.9 Å². The van der Waals surface area contributed by atoms with Gasteiger partial charge in [-0.05, 0) is 5.56 Å². The van der Waals surface area contributed by atoms with Crippen LogP contribution < -0.4 is 4.72 Å². The molecule has 0 aromatic heterocycles. The summed E-state index contributed by atoms with van der Waals surface area (Å²) in [5, 5.41) is 9.19. The Morgan fingerprint density at radius 1 is 1.33 bits per heavy atom. The second-order valence-corrected chi connectivity index (χ2v) is 6.29. The summed E-state index contributed by atoms with van der Waals surface area (Å²) < 4.78 is 22.5. The molecule has 0 spiro atoms. The Hall–Kier alpha value is -1.81. The first kappa shape index (κ1) is 15.6. The van der Waals surface area contributed by atoms with Crippen LogP contribution in [-0.2, 0) is 11.3 Å². The second kappa shape index (κ2) is 6.31. The van der Waals surface area contributed by atoms with Gasteiger partial charge < -0.3 is 10.0 Å². The Labute approximate surface area is 123 Å². The fraction of sp³-hybridized carbons (Fsp3) is 0.333. The molecule has 2 amide bonds. The Bertz CT molecular complexity index is 525. The summed E-state index contributed by atoms with van der Waals surface area (Å²) in [6.45, 7) is -0.0697. The number of carbonyl (C=O) groups excluding carboxylic acids is 1. The quantitative estimate of drug-likeness (QED) is 0.649. The topological polar surface area (TPSA) is 113 Å². The van der Waals surface area contributed by atoms with Crippen LogP contribution in [0.1, 0.15) is 5.56 Å². The van der Waals surface area contributed by atoms with Crippen LogP contribution in [0.5, 0.6) is 0 Å². The van der Waals surface area contributed by atoms with E-state index in [4.69, 9.17) is 0 Å². The average Bonchev–Trinajstić information content (AvgIpc) is 2.70. The largest absolute Gasteiger partial charge is 0.465 e. The monoisotopic (exact) mass is 315 g/mol. The molecule has 9 heteroatoms. The van der Waals surface area contributed by atoms with E-state index in [0.717, 1.165) is 14.8 Å². The Kier molecular flexibility index (Phi) is 4.68. The molecule has 1 fully saturated rings. The minimum Gasteiger partial charge on any atom is -0.465 e. The predicted octanol–water partition coefficient (Wildman–Crippen LogP) is 1.18. The van der Waals surface area contributed by atoms with Crippen molar-refractivity contribution in [2.24, 2.45) is 0 Å². The zero-order chi connectivity index (χ0) is 15.5. The van der Waals surface area contributed by atoms with Gasteiger partial charge in [-0.25, -0.2) is 9.10 Å². The van der Waals surface area contributed by atoms with E-state index in [1.165, 1.54) is 0 Å². The molecular weight excluding hydrogens is 298 g/mol. The van der Waals surface area contributed by atoms with Crippen LogP contribution in [0, 0.1) is 0 Å². The summed E-state index contributed by atoms with van der Waals surface area (Å²) in [5.74, 6) is -0.458. The lowest BCUT2D eigenvalue weighted by molar-refractivity contribution is -0.124. The molecule has 8 nitrogen and oxygen atoms in total. The average molecular weight is 315 g/mol. The molecule has 116 valence electrons. The molecule has 0 radical (unpaired) electrons. The van der Waals surface area contributed by atoms with E-state index in [2.05, 4.69) is 4.72 Å². The SMILES string of the molecule is O=C(O)N(CCN1C(=O)CNS1(O)O)Cc1ccccc1. The highest BCUT2D eigenvalue weighted by Gasteiger charge is 2.35. The van der Waals surface area contributed by atoms with Crippen LogP contribution in [0.25, 0.3) is 0 Å². The fourth-order valence-electron chi connectivity index (χ4n) is 1.98. The number of hydrogen-bond donors (Lipinski definition) is 4. The van der Waals surface area contributed by atoms with Gasteiger partial charge in [0.25, 0.3) is 5.91 Å². The van der Waals surface area contributed by atoms with E-state index in [-0.39, 0.29) is 26.2 Å². The van der Waals surface area contributed by atoms with E-state index >= 15 is 0 Å². The van der Waals surface area contributed by atoms with Crippen molar-refractivity contribution in [3.8, 4) is 0 Å². The molecule has 0 atom stereocenters. The van der Waals surface area contributed by atoms with Gasteiger partial charge in [0, 0.05) is 13.1 Å². The van der Waals surface area contributed by atoms with Crippen LogP contribution in [0.3, 0.4) is 0 Å². The molecule has 0 bridgehead atoms. The third kappa shape index (κ3) is 3.85. The second-order valence-electron chi connectivity index (χ2n) is 4.53. The third-order valence-corrected chi connectivity index (χ3v) is 4.59. The lowest BCUT2D eigenvalue weighted by atomic mass is 10.2. The summed E-state index contributed by atoms with van der Waals surface area (Å²) >= 11 is 0. The van der Waals surface area contributed by atoms with E-state index in [0.29, 0.717) is 0 Å². The summed E-state index contributed by atoms with van der Waals surface area (Å²) in [4.78, 5) is 23.9. The lowest BCUT2D eigenvalue weighted by Crippen LogP contribution is -2.39. The number of rotatable bonds is 5. The summed E-state index contributed by atoms with van der Waals surface area (Å²) in [7, 11) is -3.32. The standard InChI is InChI=1S/C12H17N3O5S/c16-11-8-13-21(19,20)15(11)7-6-14(12(17)18)9-10-4-2-1-3-5-10/h1-5,13,19-20H,6-9H2,(H,17,18). The zero-order valence-corrected chi connectivity index (χ0v) is 12.0. The van der Waals surface area contributed by atoms with Crippen molar-refractivity contribution in [1.82, 2.24) is 13.9 Å². The lowest BCUT2D eigenvalue weighted by Gasteiger charge is -2.36. The van der Waals surface area contributed by atoms with Gasteiger partial charge in [0.2, 0.25) is 0 Å². The van der Waals surface area contributed by atoms with Crippen molar-refractivity contribution < 1.29 is 23.8 Å². The van der Waals surface area contributed by atoms with Crippen molar-refractivity contribution in [1.29, 1.82) is 0 Å². The molecule has 1 heterocycles. The highest BCUT2D eigenvalue weighted by atomic mass is 32.3. The number of benzene rings is 1. The first-order valence-corrected chi connectivity index (χ1v) is 7.75. The van der Waals surface area contributed by atoms with Crippen LogP contribution in [0.15, 0.2) is 30.3 Å². The van der Waals surface area contributed by atoms with Crippen molar-refractivity contribution in [2.75, 3.05) is 19.6 Å². The van der Waals surface area contributed by atoms with Gasteiger partial charge in [0.1, 0.15) is 0 Å². The first-order valence-electron chi connectivity index (χ1n) is 6.25. The number of hydrogen-bond acceptors (Lipinski definition) is 5. The van der Waals surface area contributed by atoms with Gasteiger partial charge in [-0.15, -0.1) is 0 Å². The molecular formula is C12H17N3O5S. The number of carbonyl (C=O) groups is 2. The van der Waals surface area contributed by atoms with Crippen molar-refractivity contribution in [3.63, 3.8) is 0 Å². The van der Waals surface area contributed by atoms with Crippen LogP contribution in [0.4, 0.5) is 4.79 Å². The molecule has 21 heavy (non-hydrogen) atoms. The van der Waals surface area contributed by atoms with Gasteiger partial charge >= 0.3 is 6.09 Å². The van der Waals surface area contributed by atoms with E-state index in [9.17, 15) is 23.8 Å². The molecule has 1 aromatic rings. The zero-order valence-electron chi connectivity index (χ0n) is 11.2. The van der Waals surface area contributed by atoms with E-state index < -0.39 is 23.0 Å². The van der Waals surface area contributed by atoms with Crippen LogP contribution >= 0.6 is 11.0 Å². The third-order valence-electron chi connectivity index (χ3n) is 3.06. The minimum absolute atomic E-state index is 0.00643. The highest BCUT2D eigenvalue weighted by Crippen LogP contribution is 2.41. The van der Waals surface area contributed by atoms with Crippen molar-refractivity contribution in [2.45, 2.75) is 6.54 Å². The van der Waals surface area contributed by atoms with Crippen LogP contribution in [-0.4, -0.2) is 55.1 Å². The molecule has 0 unspecified atom stereocenters. The van der Waals surface area contributed by atoms with Gasteiger partial charge in [-0.1, -0.05) is 41.3 Å². The number of amides is 2. The van der Waals surface area contributed by atoms with Gasteiger partial charge in [-0.3, -0.25) is 13.9 Å². The first-order chi connectivity index (χ1) is 9.90. The molecule has 4 N–H and O–H groups in total. The number of carboxylic acid groups (broad SMARTS) is 1. The highest BCUT2D eigenvalue weighted by molar-refractivity contribution is 8.21. The molecule has 1 saturated heterocycles. The van der Waals surface area contributed by atoms with Gasteiger partial charge in [0.15, 0.2) is 0 Å². The van der Waals surface area contributed by atoms with E-state index in [1.54, 1.807) is 24.3 Å².